The lowest BCUT2D eigenvalue weighted by atomic mass is 10.1. The van der Waals surface area contributed by atoms with Crippen molar-refractivity contribution < 1.29 is 4.79 Å². The zero-order chi connectivity index (χ0) is 14.5. The molecule has 0 saturated carbocycles. The van der Waals surface area contributed by atoms with E-state index >= 15 is 0 Å². The first-order chi connectivity index (χ1) is 9.56. The summed E-state index contributed by atoms with van der Waals surface area (Å²) in [6.07, 6.45) is 0.890. The van der Waals surface area contributed by atoms with Gasteiger partial charge in [0.05, 0.1) is 10.7 Å². The summed E-state index contributed by atoms with van der Waals surface area (Å²) >= 11 is 7.78. The van der Waals surface area contributed by atoms with Crippen LogP contribution in [0.25, 0.3) is 0 Å². The number of carbonyl (C=O) groups is 1. The largest absolute Gasteiger partial charge is 0.366 e. The maximum absolute atomic E-state index is 11.0. The predicted octanol–water partition coefficient (Wildman–Crippen LogP) is 2.54. The first-order valence-corrected chi connectivity index (χ1v) is 7.52. The summed E-state index contributed by atoms with van der Waals surface area (Å²) in [5.74, 6) is -0.467. The maximum atomic E-state index is 11.0. The number of hydrogen-bond donors (Lipinski definition) is 2. The van der Waals surface area contributed by atoms with Crippen LogP contribution in [0, 0.1) is 6.92 Å². The van der Waals surface area contributed by atoms with Gasteiger partial charge in [-0.05, 0) is 24.6 Å². The second-order valence-corrected chi connectivity index (χ2v) is 5.92. The molecule has 0 fully saturated rings. The quantitative estimate of drug-likeness (QED) is 0.806. The molecule has 0 spiro atoms. The number of benzene rings is 1. The van der Waals surface area contributed by atoms with Gasteiger partial charge < -0.3 is 11.1 Å². The number of primary amides is 1. The molecule has 20 heavy (non-hydrogen) atoms. The van der Waals surface area contributed by atoms with Crippen LogP contribution in [0.4, 0.5) is 0 Å². The molecule has 2 rings (SSSR count). The summed E-state index contributed by atoms with van der Waals surface area (Å²) in [5, 5.41) is 7.03. The van der Waals surface area contributed by atoms with Gasteiger partial charge in [0.1, 0.15) is 0 Å². The summed E-state index contributed by atoms with van der Waals surface area (Å²) in [5.41, 5.74) is 7.69. The number of rotatable bonds is 6. The molecule has 0 unspecified atom stereocenters. The molecule has 6 heteroatoms. The van der Waals surface area contributed by atoms with E-state index in [1.807, 2.05) is 13.0 Å². The Kier molecular flexibility index (Phi) is 5.11. The lowest BCUT2D eigenvalue weighted by Gasteiger charge is -2.07. The van der Waals surface area contributed by atoms with Gasteiger partial charge in [0, 0.05) is 35.5 Å². The summed E-state index contributed by atoms with van der Waals surface area (Å²) in [6, 6.07) is 5.11. The third kappa shape index (κ3) is 4.03. The van der Waals surface area contributed by atoms with Crippen molar-refractivity contribution in [3.63, 3.8) is 0 Å². The number of carbonyl (C=O) groups excluding carboxylic acids is 1. The van der Waals surface area contributed by atoms with E-state index in [9.17, 15) is 4.79 Å². The highest BCUT2D eigenvalue weighted by Gasteiger charge is 2.05. The molecule has 0 saturated heterocycles. The molecule has 4 nitrogen and oxygen atoms in total. The molecule has 106 valence electrons. The van der Waals surface area contributed by atoms with Crippen molar-refractivity contribution in [1.29, 1.82) is 0 Å². The first-order valence-electron chi connectivity index (χ1n) is 6.26. The van der Waals surface area contributed by atoms with Crippen molar-refractivity contribution in [3.8, 4) is 0 Å². The fourth-order valence-corrected chi connectivity index (χ4v) is 2.70. The molecule has 0 radical (unpaired) electrons. The predicted molar refractivity (Wildman–Crippen MR) is 82.2 cm³/mol. The summed E-state index contributed by atoms with van der Waals surface area (Å²) in [4.78, 5) is 15.4. The normalized spacial score (nSPS) is 10.7. The van der Waals surface area contributed by atoms with Gasteiger partial charge in [-0.25, -0.2) is 4.98 Å². The minimum absolute atomic E-state index is 0.427. The zero-order valence-electron chi connectivity index (χ0n) is 11.1. The Bertz CT molecular complexity index is 612. The number of amides is 1. The number of hydrogen-bond acceptors (Lipinski definition) is 4. The molecule has 0 bridgehead atoms. The van der Waals surface area contributed by atoms with Crippen LogP contribution < -0.4 is 11.1 Å². The average Bonchev–Trinajstić information content (AvgIpc) is 2.81. The number of nitrogens with one attached hydrogen (secondary N) is 1. The van der Waals surface area contributed by atoms with Gasteiger partial charge in [0.15, 0.2) is 0 Å². The molecule has 1 aromatic heterocycles. The van der Waals surface area contributed by atoms with Crippen LogP contribution in [0.5, 0.6) is 0 Å². The van der Waals surface area contributed by atoms with E-state index in [1.54, 1.807) is 23.5 Å². The standard InChI is InChI=1S/C14H16ClN3OS/c1-9-18-12(8-20-9)4-5-17-7-11-3-2-10(14(16)19)6-13(11)15/h2-3,6,8,17H,4-5,7H2,1H3,(H2,16,19). The molecule has 0 aliphatic heterocycles. The minimum atomic E-state index is -0.467. The van der Waals surface area contributed by atoms with Crippen molar-refractivity contribution in [2.45, 2.75) is 19.9 Å². The number of nitrogens with two attached hydrogens (primary N) is 1. The molecular formula is C14H16ClN3OS. The number of aromatic nitrogens is 1. The van der Waals surface area contributed by atoms with Gasteiger partial charge in [-0.2, -0.15) is 0 Å². The van der Waals surface area contributed by atoms with E-state index < -0.39 is 5.91 Å². The van der Waals surface area contributed by atoms with Crippen LogP contribution in [0.3, 0.4) is 0 Å². The molecule has 2 aromatic rings. The molecular weight excluding hydrogens is 294 g/mol. The molecule has 0 atom stereocenters. The fourth-order valence-electron chi connectivity index (χ4n) is 1.81. The van der Waals surface area contributed by atoms with Crippen molar-refractivity contribution in [3.05, 3.63) is 50.4 Å². The van der Waals surface area contributed by atoms with Crippen LogP contribution in [0.1, 0.15) is 26.6 Å². The fraction of sp³-hybridized carbons (Fsp3) is 0.286. The number of thiazole rings is 1. The van der Waals surface area contributed by atoms with Crippen molar-refractivity contribution in [2.75, 3.05) is 6.54 Å². The van der Waals surface area contributed by atoms with Crippen molar-refractivity contribution >= 4 is 28.8 Å². The highest BCUT2D eigenvalue weighted by atomic mass is 35.5. The van der Waals surface area contributed by atoms with E-state index in [1.165, 1.54) is 0 Å². The smallest absolute Gasteiger partial charge is 0.248 e. The maximum Gasteiger partial charge on any atom is 0.248 e. The van der Waals surface area contributed by atoms with Crippen molar-refractivity contribution in [1.82, 2.24) is 10.3 Å². The summed E-state index contributed by atoms with van der Waals surface area (Å²) < 4.78 is 0. The van der Waals surface area contributed by atoms with E-state index in [0.29, 0.717) is 17.1 Å². The molecule has 0 aliphatic rings. The minimum Gasteiger partial charge on any atom is -0.366 e. The second kappa shape index (κ2) is 6.83. The Morgan fingerprint density at radius 3 is 2.90 bits per heavy atom. The third-order valence-electron chi connectivity index (χ3n) is 2.88. The monoisotopic (exact) mass is 309 g/mol. The van der Waals surface area contributed by atoms with E-state index in [2.05, 4.69) is 15.7 Å². The first kappa shape index (κ1) is 15.0. The van der Waals surface area contributed by atoms with E-state index in [0.717, 1.165) is 29.2 Å². The Hall–Kier alpha value is -1.43. The lowest BCUT2D eigenvalue weighted by Crippen LogP contribution is -2.17. The highest BCUT2D eigenvalue weighted by molar-refractivity contribution is 7.09. The van der Waals surface area contributed by atoms with E-state index in [-0.39, 0.29) is 0 Å². The van der Waals surface area contributed by atoms with Gasteiger partial charge in [-0.1, -0.05) is 17.7 Å². The Morgan fingerprint density at radius 1 is 1.50 bits per heavy atom. The summed E-state index contributed by atoms with van der Waals surface area (Å²) in [7, 11) is 0. The Balaban J connectivity index is 1.83. The highest BCUT2D eigenvalue weighted by Crippen LogP contribution is 2.17. The van der Waals surface area contributed by atoms with Gasteiger partial charge in [0.2, 0.25) is 5.91 Å². The van der Waals surface area contributed by atoms with Gasteiger partial charge in [0.25, 0.3) is 0 Å². The number of nitrogens with zero attached hydrogens (tertiary/aromatic N) is 1. The Morgan fingerprint density at radius 2 is 2.30 bits per heavy atom. The second-order valence-electron chi connectivity index (χ2n) is 4.46. The van der Waals surface area contributed by atoms with Crippen molar-refractivity contribution in [2.24, 2.45) is 5.73 Å². The van der Waals surface area contributed by atoms with Gasteiger partial charge in [-0.15, -0.1) is 11.3 Å². The van der Waals surface area contributed by atoms with Gasteiger partial charge >= 0.3 is 0 Å². The zero-order valence-corrected chi connectivity index (χ0v) is 12.7. The Labute approximate surface area is 127 Å². The average molecular weight is 310 g/mol. The lowest BCUT2D eigenvalue weighted by molar-refractivity contribution is 0.100. The number of halogens is 1. The van der Waals surface area contributed by atoms with Crippen LogP contribution in [-0.4, -0.2) is 17.4 Å². The third-order valence-corrected chi connectivity index (χ3v) is 4.05. The van der Waals surface area contributed by atoms with E-state index in [4.69, 9.17) is 17.3 Å². The number of aryl methyl sites for hydroxylation is 1. The van der Waals surface area contributed by atoms with Crippen LogP contribution in [0.2, 0.25) is 5.02 Å². The van der Waals surface area contributed by atoms with Crippen LogP contribution in [-0.2, 0) is 13.0 Å². The molecule has 0 aliphatic carbocycles. The molecule has 1 aromatic carbocycles. The topological polar surface area (TPSA) is 68.0 Å². The van der Waals surface area contributed by atoms with Gasteiger partial charge in [-0.3, -0.25) is 4.79 Å². The molecule has 1 heterocycles. The van der Waals surface area contributed by atoms with Crippen LogP contribution >= 0.6 is 22.9 Å². The molecule has 1 amide bonds. The SMILES string of the molecule is Cc1nc(CCNCc2ccc(C(N)=O)cc2Cl)cs1. The molecule has 3 N–H and O–H groups in total. The summed E-state index contributed by atoms with van der Waals surface area (Å²) in [6.45, 7) is 3.49. The van der Waals surface area contributed by atoms with Crippen LogP contribution in [0.15, 0.2) is 23.6 Å².